The van der Waals surface area contributed by atoms with E-state index in [9.17, 15) is 4.79 Å². The molecule has 1 amide bonds. The highest BCUT2D eigenvalue weighted by atomic mass is 79.9. The maximum atomic E-state index is 12.4. The Morgan fingerprint density at radius 2 is 2.07 bits per heavy atom. The predicted octanol–water partition coefficient (Wildman–Crippen LogP) is 5.13. The number of carbonyl (C=O) groups is 1. The monoisotopic (exact) mass is 494 g/mol. The number of hydrogen-bond donors (Lipinski definition) is 1. The van der Waals surface area contributed by atoms with Gasteiger partial charge in [-0.05, 0) is 36.8 Å². The van der Waals surface area contributed by atoms with Crippen molar-refractivity contribution in [3.8, 4) is 11.4 Å². The molecule has 0 saturated heterocycles. The van der Waals surface area contributed by atoms with Gasteiger partial charge in [0.15, 0.2) is 11.0 Å². The van der Waals surface area contributed by atoms with Gasteiger partial charge in [0.05, 0.1) is 10.8 Å². The van der Waals surface area contributed by atoms with E-state index in [1.54, 1.807) is 7.11 Å². The van der Waals surface area contributed by atoms with Gasteiger partial charge in [-0.2, -0.15) is 0 Å². The van der Waals surface area contributed by atoms with Gasteiger partial charge >= 0.3 is 0 Å². The Bertz CT molecular complexity index is 983. The van der Waals surface area contributed by atoms with Crippen molar-refractivity contribution in [2.24, 2.45) is 0 Å². The van der Waals surface area contributed by atoms with Crippen molar-refractivity contribution in [1.82, 2.24) is 14.8 Å². The Hall–Kier alpha value is -1.87. The maximum absolute atomic E-state index is 12.4. The summed E-state index contributed by atoms with van der Waals surface area (Å²) in [6.07, 6.45) is 0.795. The molecule has 1 N–H and O–H groups in total. The molecule has 0 unspecified atom stereocenters. The summed E-state index contributed by atoms with van der Waals surface area (Å²) in [5, 5.41) is 12.8. The van der Waals surface area contributed by atoms with E-state index in [1.165, 1.54) is 11.8 Å². The van der Waals surface area contributed by atoms with Crippen LogP contribution < -0.4 is 5.32 Å². The van der Waals surface area contributed by atoms with Crippen LogP contribution in [-0.2, 0) is 16.1 Å². The molecule has 29 heavy (non-hydrogen) atoms. The SMILES string of the molecule is COCCCn1c(SCC(=O)Nc2cccc(Br)c2)nnc1-c1ccccc1Cl. The van der Waals surface area contributed by atoms with Gasteiger partial charge in [0, 0.05) is 36.0 Å². The number of thioether (sulfide) groups is 1. The standard InChI is InChI=1S/C20H20BrClN4O2S/c1-28-11-5-10-26-19(16-8-2-3-9-17(16)22)24-25-20(26)29-13-18(27)23-15-7-4-6-14(21)12-15/h2-4,6-9,12H,5,10-11,13H2,1H3,(H,23,27). The van der Waals surface area contributed by atoms with Gasteiger partial charge < -0.3 is 14.6 Å². The number of hydrogen-bond acceptors (Lipinski definition) is 5. The summed E-state index contributed by atoms with van der Waals surface area (Å²) in [6.45, 7) is 1.28. The van der Waals surface area contributed by atoms with Crippen LogP contribution in [0.3, 0.4) is 0 Å². The Balaban J connectivity index is 1.74. The third-order valence-corrected chi connectivity index (χ3v) is 5.79. The van der Waals surface area contributed by atoms with Crippen LogP contribution in [0.4, 0.5) is 5.69 Å². The summed E-state index contributed by atoms with van der Waals surface area (Å²) in [4.78, 5) is 12.4. The van der Waals surface area contributed by atoms with Crippen molar-refractivity contribution < 1.29 is 9.53 Å². The van der Waals surface area contributed by atoms with Crippen LogP contribution in [-0.4, -0.2) is 40.1 Å². The quantitative estimate of drug-likeness (QED) is 0.329. The van der Waals surface area contributed by atoms with E-state index >= 15 is 0 Å². The van der Waals surface area contributed by atoms with Crippen molar-refractivity contribution >= 4 is 50.9 Å². The van der Waals surface area contributed by atoms with Gasteiger partial charge in [-0.3, -0.25) is 4.79 Å². The second-order valence-corrected chi connectivity index (χ2v) is 8.40. The molecule has 0 spiro atoms. The molecule has 6 nitrogen and oxygen atoms in total. The summed E-state index contributed by atoms with van der Waals surface area (Å²) in [7, 11) is 1.67. The van der Waals surface area contributed by atoms with E-state index in [0.717, 1.165) is 22.1 Å². The molecular weight excluding hydrogens is 476 g/mol. The topological polar surface area (TPSA) is 69.0 Å². The van der Waals surface area contributed by atoms with E-state index in [4.69, 9.17) is 16.3 Å². The highest BCUT2D eigenvalue weighted by Crippen LogP contribution is 2.29. The number of amides is 1. The number of aromatic nitrogens is 3. The average molecular weight is 496 g/mol. The van der Waals surface area contributed by atoms with Gasteiger partial charge in [-0.25, -0.2) is 0 Å². The first-order chi connectivity index (χ1) is 14.1. The van der Waals surface area contributed by atoms with Gasteiger partial charge in [-0.1, -0.05) is 57.5 Å². The molecule has 0 saturated carbocycles. The predicted molar refractivity (Wildman–Crippen MR) is 120 cm³/mol. The molecule has 2 aromatic carbocycles. The zero-order valence-electron chi connectivity index (χ0n) is 15.8. The van der Waals surface area contributed by atoms with Crippen LogP contribution in [0, 0.1) is 0 Å². The van der Waals surface area contributed by atoms with Gasteiger partial charge in [0.25, 0.3) is 0 Å². The van der Waals surface area contributed by atoms with Crippen molar-refractivity contribution in [3.05, 3.63) is 58.0 Å². The van der Waals surface area contributed by atoms with E-state index in [1.807, 2.05) is 53.1 Å². The van der Waals surface area contributed by atoms with Gasteiger partial charge in [-0.15, -0.1) is 10.2 Å². The number of halogens is 2. The number of ether oxygens (including phenoxy) is 1. The van der Waals surface area contributed by atoms with E-state index in [2.05, 4.69) is 31.4 Å². The van der Waals surface area contributed by atoms with E-state index < -0.39 is 0 Å². The fraction of sp³-hybridized carbons (Fsp3) is 0.250. The number of nitrogens with zero attached hydrogens (tertiary/aromatic N) is 3. The summed E-state index contributed by atoms with van der Waals surface area (Å²) >= 11 is 11.1. The van der Waals surface area contributed by atoms with Crippen LogP contribution in [0.25, 0.3) is 11.4 Å². The lowest BCUT2D eigenvalue weighted by Gasteiger charge is -2.11. The van der Waals surface area contributed by atoms with Crippen LogP contribution in [0.1, 0.15) is 6.42 Å². The molecule has 1 aromatic heterocycles. The Morgan fingerprint density at radius 3 is 2.83 bits per heavy atom. The lowest BCUT2D eigenvalue weighted by atomic mass is 10.2. The summed E-state index contributed by atoms with van der Waals surface area (Å²) < 4.78 is 8.06. The smallest absolute Gasteiger partial charge is 0.234 e. The fourth-order valence-corrected chi connectivity index (χ4v) is 4.08. The molecular formula is C20H20BrClN4O2S. The van der Waals surface area contributed by atoms with Gasteiger partial charge in [0.2, 0.25) is 5.91 Å². The minimum atomic E-state index is -0.112. The molecule has 1 heterocycles. The largest absolute Gasteiger partial charge is 0.385 e. The third kappa shape index (κ3) is 6.05. The molecule has 0 radical (unpaired) electrons. The van der Waals surface area contributed by atoms with E-state index in [0.29, 0.717) is 29.2 Å². The second-order valence-electron chi connectivity index (χ2n) is 6.13. The van der Waals surface area contributed by atoms with E-state index in [-0.39, 0.29) is 11.7 Å². The zero-order chi connectivity index (χ0) is 20.6. The van der Waals surface area contributed by atoms with Crippen molar-refractivity contribution in [1.29, 1.82) is 0 Å². The molecule has 0 aliphatic carbocycles. The molecule has 9 heteroatoms. The first kappa shape index (κ1) is 21.8. The second kappa shape index (κ2) is 10.8. The molecule has 0 fully saturated rings. The first-order valence-electron chi connectivity index (χ1n) is 8.93. The number of methoxy groups -OCH3 is 1. The molecule has 0 bridgehead atoms. The molecule has 3 aromatic rings. The summed E-state index contributed by atoms with van der Waals surface area (Å²) in [6, 6.07) is 15.0. The minimum absolute atomic E-state index is 0.112. The molecule has 0 atom stereocenters. The Kier molecular flexibility index (Phi) is 8.11. The highest BCUT2D eigenvalue weighted by molar-refractivity contribution is 9.10. The number of anilines is 1. The van der Waals surface area contributed by atoms with Crippen LogP contribution in [0.2, 0.25) is 5.02 Å². The molecule has 0 aliphatic rings. The maximum Gasteiger partial charge on any atom is 0.234 e. The lowest BCUT2D eigenvalue weighted by molar-refractivity contribution is -0.113. The van der Waals surface area contributed by atoms with Crippen LogP contribution >= 0.6 is 39.3 Å². The van der Waals surface area contributed by atoms with Crippen LogP contribution in [0.5, 0.6) is 0 Å². The highest BCUT2D eigenvalue weighted by Gasteiger charge is 2.17. The average Bonchev–Trinajstić information content (AvgIpc) is 3.09. The lowest BCUT2D eigenvalue weighted by Crippen LogP contribution is -2.15. The van der Waals surface area contributed by atoms with Crippen molar-refractivity contribution in [2.45, 2.75) is 18.1 Å². The van der Waals surface area contributed by atoms with Crippen molar-refractivity contribution in [2.75, 3.05) is 24.8 Å². The summed E-state index contributed by atoms with van der Waals surface area (Å²) in [5.74, 6) is 0.790. The zero-order valence-corrected chi connectivity index (χ0v) is 18.9. The number of rotatable bonds is 9. The normalized spacial score (nSPS) is 10.9. The molecule has 3 rings (SSSR count). The Labute approximate surface area is 187 Å². The minimum Gasteiger partial charge on any atom is -0.385 e. The van der Waals surface area contributed by atoms with Crippen LogP contribution in [0.15, 0.2) is 58.2 Å². The van der Waals surface area contributed by atoms with Crippen molar-refractivity contribution in [3.63, 3.8) is 0 Å². The molecule has 152 valence electrons. The number of carbonyl (C=O) groups excluding carboxylic acids is 1. The summed E-state index contributed by atoms with van der Waals surface area (Å²) in [5.41, 5.74) is 1.55. The Morgan fingerprint density at radius 1 is 1.24 bits per heavy atom. The number of nitrogens with one attached hydrogen (secondary N) is 1. The fourth-order valence-electron chi connectivity index (χ4n) is 2.70. The third-order valence-electron chi connectivity index (χ3n) is 4.00. The molecule has 0 aliphatic heterocycles. The first-order valence-corrected chi connectivity index (χ1v) is 11.1. The van der Waals surface area contributed by atoms with Gasteiger partial charge in [0.1, 0.15) is 0 Å². The number of benzene rings is 2.